The molecule has 1 atom stereocenters. The van der Waals surface area contributed by atoms with Crippen LogP contribution in [0.3, 0.4) is 0 Å². The molecular formula is C18H23NO4. The molecule has 0 saturated heterocycles. The molecule has 2 rings (SSSR count). The summed E-state index contributed by atoms with van der Waals surface area (Å²) in [5.74, 6) is -0.741. The van der Waals surface area contributed by atoms with Crippen LogP contribution >= 0.6 is 0 Å². The Bertz CT molecular complexity index is 730. The number of nitrogens with one attached hydrogen (secondary N) is 1. The van der Waals surface area contributed by atoms with Gasteiger partial charge in [0.1, 0.15) is 5.58 Å². The second-order valence-corrected chi connectivity index (χ2v) is 6.12. The first-order chi connectivity index (χ1) is 10.8. The van der Waals surface area contributed by atoms with Gasteiger partial charge in [-0.15, -0.1) is 0 Å². The molecule has 0 fully saturated rings. The minimum Gasteiger partial charge on any atom is -0.464 e. The molecule has 5 heteroatoms. The van der Waals surface area contributed by atoms with Gasteiger partial charge in [0.05, 0.1) is 12.7 Å². The van der Waals surface area contributed by atoms with E-state index < -0.39 is 12.1 Å². The number of ether oxygens (including phenoxy) is 1. The van der Waals surface area contributed by atoms with Crippen molar-refractivity contribution < 1.29 is 18.7 Å². The van der Waals surface area contributed by atoms with Gasteiger partial charge < -0.3 is 14.5 Å². The summed E-state index contributed by atoms with van der Waals surface area (Å²) < 4.78 is 10.8. The van der Waals surface area contributed by atoms with Crippen LogP contribution in [0.1, 0.15) is 37.5 Å². The lowest BCUT2D eigenvalue weighted by Crippen LogP contribution is -2.39. The van der Waals surface area contributed by atoms with Crippen molar-refractivity contribution in [2.24, 2.45) is 0 Å². The standard InChI is InChI=1S/C18H23NO4/c1-10(2)19-18(21)13(5)23-16(20)8-14-9-22-17-12(4)11(3)6-7-15(14)17/h6-7,9-10,13H,8H2,1-5H3,(H,19,21)/t13-/m1/s1. The highest BCUT2D eigenvalue weighted by Crippen LogP contribution is 2.26. The van der Waals surface area contributed by atoms with Crippen LogP contribution in [0, 0.1) is 13.8 Å². The number of hydrogen-bond donors (Lipinski definition) is 1. The van der Waals surface area contributed by atoms with Crippen molar-refractivity contribution >= 4 is 22.8 Å². The molecule has 1 aromatic heterocycles. The third kappa shape index (κ3) is 3.92. The van der Waals surface area contributed by atoms with Crippen LogP contribution in [0.2, 0.25) is 0 Å². The van der Waals surface area contributed by atoms with Crippen LogP contribution in [-0.2, 0) is 20.7 Å². The molecule has 124 valence electrons. The highest BCUT2D eigenvalue weighted by Gasteiger charge is 2.20. The summed E-state index contributed by atoms with van der Waals surface area (Å²) in [6.07, 6.45) is 0.846. The lowest BCUT2D eigenvalue weighted by molar-refractivity contribution is -0.154. The molecule has 0 spiro atoms. The maximum absolute atomic E-state index is 12.1. The third-order valence-electron chi connectivity index (χ3n) is 3.78. The zero-order valence-corrected chi connectivity index (χ0v) is 14.2. The van der Waals surface area contributed by atoms with Crippen molar-refractivity contribution in [2.45, 2.75) is 53.2 Å². The van der Waals surface area contributed by atoms with Gasteiger partial charge in [0.2, 0.25) is 0 Å². The number of benzene rings is 1. The lowest BCUT2D eigenvalue weighted by atomic mass is 10.0. The van der Waals surface area contributed by atoms with Gasteiger partial charge in [0.15, 0.2) is 6.10 Å². The van der Waals surface area contributed by atoms with Crippen molar-refractivity contribution in [2.75, 3.05) is 0 Å². The van der Waals surface area contributed by atoms with Gasteiger partial charge in [-0.05, 0) is 45.7 Å². The molecule has 1 aromatic carbocycles. The number of carbonyl (C=O) groups is 2. The number of rotatable bonds is 5. The van der Waals surface area contributed by atoms with Gasteiger partial charge in [0, 0.05) is 17.0 Å². The van der Waals surface area contributed by atoms with E-state index in [-0.39, 0.29) is 18.4 Å². The molecule has 5 nitrogen and oxygen atoms in total. The Labute approximate surface area is 136 Å². The molecule has 0 aliphatic carbocycles. The number of hydrogen-bond acceptors (Lipinski definition) is 4. The normalized spacial score (nSPS) is 12.4. The Hall–Kier alpha value is -2.30. The Morgan fingerprint density at radius 1 is 1.22 bits per heavy atom. The molecule has 0 saturated carbocycles. The van der Waals surface area contributed by atoms with Crippen LogP contribution in [0.4, 0.5) is 0 Å². The van der Waals surface area contributed by atoms with E-state index in [9.17, 15) is 9.59 Å². The average Bonchev–Trinajstić information content (AvgIpc) is 2.85. The van der Waals surface area contributed by atoms with E-state index in [0.29, 0.717) is 0 Å². The number of aryl methyl sites for hydroxylation is 2. The first-order valence-electron chi connectivity index (χ1n) is 7.75. The Morgan fingerprint density at radius 3 is 2.57 bits per heavy atom. The lowest BCUT2D eigenvalue weighted by Gasteiger charge is -2.15. The zero-order valence-electron chi connectivity index (χ0n) is 14.2. The highest BCUT2D eigenvalue weighted by molar-refractivity contribution is 5.89. The van der Waals surface area contributed by atoms with Gasteiger partial charge in [0.25, 0.3) is 5.91 Å². The molecular weight excluding hydrogens is 294 g/mol. The number of carbonyl (C=O) groups excluding carboxylic acids is 2. The van der Waals surface area contributed by atoms with Gasteiger partial charge >= 0.3 is 5.97 Å². The zero-order chi connectivity index (χ0) is 17.1. The molecule has 0 unspecified atom stereocenters. The first-order valence-corrected chi connectivity index (χ1v) is 7.75. The smallest absolute Gasteiger partial charge is 0.311 e. The molecule has 1 N–H and O–H groups in total. The monoisotopic (exact) mass is 317 g/mol. The second kappa shape index (κ2) is 6.86. The third-order valence-corrected chi connectivity index (χ3v) is 3.78. The molecule has 1 amide bonds. The van der Waals surface area contributed by atoms with E-state index in [1.807, 2.05) is 39.8 Å². The van der Waals surface area contributed by atoms with E-state index >= 15 is 0 Å². The molecule has 0 aliphatic heterocycles. The average molecular weight is 317 g/mol. The summed E-state index contributed by atoms with van der Waals surface area (Å²) in [5, 5.41) is 3.62. The van der Waals surface area contributed by atoms with E-state index in [4.69, 9.17) is 9.15 Å². The molecule has 0 radical (unpaired) electrons. The minimum atomic E-state index is -0.813. The van der Waals surface area contributed by atoms with E-state index in [1.54, 1.807) is 13.2 Å². The Kier molecular flexibility index (Phi) is 5.08. The van der Waals surface area contributed by atoms with Crippen molar-refractivity contribution in [3.63, 3.8) is 0 Å². The number of esters is 1. The van der Waals surface area contributed by atoms with Gasteiger partial charge in [-0.3, -0.25) is 9.59 Å². The predicted octanol–water partition coefficient (Wildman–Crippen LogP) is 3.05. The van der Waals surface area contributed by atoms with E-state index in [2.05, 4.69) is 5.32 Å². The van der Waals surface area contributed by atoms with Crippen molar-refractivity contribution in [3.8, 4) is 0 Å². The number of furan rings is 1. The topological polar surface area (TPSA) is 68.5 Å². The van der Waals surface area contributed by atoms with Crippen molar-refractivity contribution in [1.29, 1.82) is 0 Å². The highest BCUT2D eigenvalue weighted by atomic mass is 16.5. The fraction of sp³-hybridized carbons (Fsp3) is 0.444. The Balaban J connectivity index is 2.06. The quantitative estimate of drug-likeness (QED) is 0.861. The summed E-state index contributed by atoms with van der Waals surface area (Å²) in [5.41, 5.74) is 3.76. The Morgan fingerprint density at radius 2 is 1.91 bits per heavy atom. The SMILES string of the molecule is Cc1ccc2c(CC(=O)O[C@H](C)C(=O)NC(C)C)coc2c1C. The molecule has 0 aliphatic rings. The van der Waals surface area contributed by atoms with Crippen molar-refractivity contribution in [3.05, 3.63) is 35.1 Å². The van der Waals surface area contributed by atoms with Gasteiger partial charge in [-0.2, -0.15) is 0 Å². The molecule has 1 heterocycles. The number of amides is 1. The summed E-state index contributed by atoms with van der Waals surface area (Å²) >= 11 is 0. The van der Waals surface area contributed by atoms with Crippen LogP contribution in [0.5, 0.6) is 0 Å². The summed E-state index contributed by atoms with van der Waals surface area (Å²) in [6, 6.07) is 3.95. The summed E-state index contributed by atoms with van der Waals surface area (Å²) in [7, 11) is 0. The first kappa shape index (κ1) is 17.1. The van der Waals surface area contributed by atoms with Crippen LogP contribution in [0.15, 0.2) is 22.8 Å². The van der Waals surface area contributed by atoms with Gasteiger partial charge in [-0.25, -0.2) is 0 Å². The van der Waals surface area contributed by atoms with E-state index in [0.717, 1.165) is 27.7 Å². The number of fused-ring (bicyclic) bond motifs is 1. The predicted molar refractivity (Wildman–Crippen MR) is 88.2 cm³/mol. The fourth-order valence-electron chi connectivity index (χ4n) is 2.37. The van der Waals surface area contributed by atoms with Crippen LogP contribution in [0.25, 0.3) is 11.0 Å². The molecule has 23 heavy (non-hydrogen) atoms. The fourth-order valence-corrected chi connectivity index (χ4v) is 2.37. The summed E-state index contributed by atoms with van der Waals surface area (Å²) in [4.78, 5) is 23.8. The van der Waals surface area contributed by atoms with Crippen molar-refractivity contribution in [1.82, 2.24) is 5.32 Å². The molecule has 2 aromatic rings. The largest absolute Gasteiger partial charge is 0.464 e. The maximum atomic E-state index is 12.1. The van der Waals surface area contributed by atoms with E-state index in [1.165, 1.54) is 0 Å². The summed E-state index contributed by atoms with van der Waals surface area (Å²) in [6.45, 7) is 9.28. The maximum Gasteiger partial charge on any atom is 0.311 e. The molecule has 0 bridgehead atoms. The second-order valence-electron chi connectivity index (χ2n) is 6.12. The minimum absolute atomic E-state index is 0.00712. The van der Waals surface area contributed by atoms with Crippen LogP contribution in [-0.4, -0.2) is 24.0 Å². The van der Waals surface area contributed by atoms with Crippen LogP contribution < -0.4 is 5.32 Å². The van der Waals surface area contributed by atoms with Gasteiger partial charge in [-0.1, -0.05) is 12.1 Å².